The average molecular weight is 267 g/mol. The van der Waals surface area contributed by atoms with Crippen LogP contribution in [0.5, 0.6) is 0 Å². The number of amides is 1. The molecule has 0 fully saturated rings. The minimum Gasteiger partial charge on any atom is -0.444 e. The van der Waals surface area contributed by atoms with Gasteiger partial charge in [-0.25, -0.2) is 4.79 Å². The van der Waals surface area contributed by atoms with Crippen LogP contribution in [0.25, 0.3) is 0 Å². The van der Waals surface area contributed by atoms with Crippen molar-refractivity contribution in [2.24, 2.45) is 0 Å². The number of unbranched alkanes of at least 4 members (excludes halogenated alkanes) is 1. The van der Waals surface area contributed by atoms with Crippen LogP contribution in [0, 0.1) is 0 Å². The summed E-state index contributed by atoms with van der Waals surface area (Å²) in [6.07, 6.45) is 0.861. The Hall–Kier alpha value is -0.580. The van der Waals surface area contributed by atoms with Crippen molar-refractivity contribution in [1.29, 1.82) is 0 Å². The van der Waals surface area contributed by atoms with Gasteiger partial charge in [-0.05, 0) is 27.2 Å². The highest BCUT2D eigenvalue weighted by atomic mass is 31.2. The maximum Gasteiger partial charge on any atom is 0.408 e. The van der Waals surface area contributed by atoms with Gasteiger partial charge < -0.3 is 19.8 Å². The van der Waals surface area contributed by atoms with E-state index in [1.165, 1.54) is 0 Å². The zero-order chi connectivity index (χ0) is 13.7. The molecule has 1 atom stereocenters. The van der Waals surface area contributed by atoms with Gasteiger partial charge in [-0.3, -0.25) is 4.57 Å². The molecule has 0 rings (SSSR count). The van der Waals surface area contributed by atoms with E-state index in [0.29, 0.717) is 6.42 Å². The van der Waals surface area contributed by atoms with E-state index in [0.717, 1.165) is 6.42 Å². The van der Waals surface area contributed by atoms with Crippen molar-refractivity contribution in [2.75, 3.05) is 0 Å². The van der Waals surface area contributed by atoms with Crippen molar-refractivity contribution >= 4 is 13.7 Å². The summed E-state index contributed by atoms with van der Waals surface area (Å²) in [5.41, 5.74) is -0.686. The van der Waals surface area contributed by atoms with Crippen LogP contribution in [0.4, 0.5) is 4.79 Å². The smallest absolute Gasteiger partial charge is 0.408 e. The van der Waals surface area contributed by atoms with Crippen LogP contribution >= 0.6 is 7.60 Å². The number of rotatable bonds is 5. The van der Waals surface area contributed by atoms with Crippen molar-refractivity contribution in [1.82, 2.24) is 5.32 Å². The highest BCUT2D eigenvalue weighted by molar-refractivity contribution is 7.52. The lowest BCUT2D eigenvalue weighted by atomic mass is 10.2. The van der Waals surface area contributed by atoms with Crippen molar-refractivity contribution < 1.29 is 23.9 Å². The van der Waals surface area contributed by atoms with Gasteiger partial charge in [-0.2, -0.15) is 0 Å². The average Bonchev–Trinajstić information content (AvgIpc) is 2.07. The fourth-order valence-electron chi connectivity index (χ4n) is 1.17. The lowest BCUT2D eigenvalue weighted by Crippen LogP contribution is -2.39. The number of hydrogen-bond donors (Lipinski definition) is 3. The second-order valence-electron chi connectivity index (χ2n) is 4.89. The zero-order valence-electron chi connectivity index (χ0n) is 10.8. The first-order chi connectivity index (χ1) is 7.56. The number of hydrogen-bond acceptors (Lipinski definition) is 3. The van der Waals surface area contributed by atoms with Crippen molar-refractivity contribution in [2.45, 2.75) is 58.3 Å². The minimum absolute atomic E-state index is 0.236. The van der Waals surface area contributed by atoms with Gasteiger partial charge in [0.25, 0.3) is 0 Å². The first kappa shape index (κ1) is 16.4. The monoisotopic (exact) mass is 267 g/mol. The molecule has 3 N–H and O–H groups in total. The molecule has 7 heteroatoms. The van der Waals surface area contributed by atoms with Crippen molar-refractivity contribution in [3.05, 3.63) is 0 Å². The van der Waals surface area contributed by atoms with Crippen LogP contribution in [0.2, 0.25) is 0 Å². The molecule has 0 aromatic carbocycles. The summed E-state index contributed by atoms with van der Waals surface area (Å²) in [5, 5.41) is 2.22. The molecule has 17 heavy (non-hydrogen) atoms. The molecule has 0 aliphatic heterocycles. The Morgan fingerprint density at radius 2 is 1.94 bits per heavy atom. The Bertz CT molecular complexity index is 294. The van der Waals surface area contributed by atoms with Gasteiger partial charge in [0, 0.05) is 0 Å². The summed E-state index contributed by atoms with van der Waals surface area (Å²) in [7, 11) is -4.34. The molecule has 0 aliphatic rings. The van der Waals surface area contributed by atoms with Gasteiger partial charge in [-0.1, -0.05) is 19.8 Å². The first-order valence-corrected chi connectivity index (χ1v) is 7.29. The minimum atomic E-state index is -4.34. The molecule has 0 aromatic heterocycles. The van der Waals surface area contributed by atoms with E-state index in [4.69, 9.17) is 14.5 Å². The zero-order valence-corrected chi connectivity index (χ0v) is 11.7. The van der Waals surface area contributed by atoms with E-state index in [9.17, 15) is 9.36 Å². The summed E-state index contributed by atoms with van der Waals surface area (Å²) in [6.45, 7) is 6.96. The number of carbonyl (C=O) groups is 1. The molecule has 0 bridgehead atoms. The molecule has 0 saturated carbocycles. The quantitative estimate of drug-likeness (QED) is 0.664. The second kappa shape index (κ2) is 6.38. The Labute approximate surface area is 102 Å². The highest BCUT2D eigenvalue weighted by Crippen LogP contribution is 2.42. The molecule has 102 valence electrons. The Balaban J connectivity index is 4.44. The Morgan fingerprint density at radius 1 is 1.41 bits per heavy atom. The molecule has 0 spiro atoms. The topological polar surface area (TPSA) is 95.9 Å². The van der Waals surface area contributed by atoms with Crippen molar-refractivity contribution in [3.63, 3.8) is 0 Å². The van der Waals surface area contributed by atoms with E-state index < -0.39 is 25.1 Å². The second-order valence-corrected chi connectivity index (χ2v) is 6.69. The van der Waals surface area contributed by atoms with Gasteiger partial charge in [-0.15, -0.1) is 0 Å². The predicted molar refractivity (Wildman–Crippen MR) is 64.7 cm³/mol. The third-order valence-corrected chi connectivity index (χ3v) is 3.12. The molecule has 6 nitrogen and oxygen atoms in total. The van der Waals surface area contributed by atoms with E-state index in [1.54, 1.807) is 20.8 Å². The summed E-state index contributed by atoms with van der Waals surface area (Å²) in [5.74, 6) is -1.17. The predicted octanol–water partition coefficient (Wildman–Crippen LogP) is 2.21. The summed E-state index contributed by atoms with van der Waals surface area (Å²) >= 11 is 0. The van der Waals surface area contributed by atoms with Crippen LogP contribution in [0.1, 0.15) is 47.0 Å². The van der Waals surface area contributed by atoms with Crippen LogP contribution in [-0.4, -0.2) is 27.3 Å². The third-order valence-electron chi connectivity index (χ3n) is 1.92. The molecule has 0 aliphatic carbocycles. The van der Waals surface area contributed by atoms with E-state index >= 15 is 0 Å². The van der Waals surface area contributed by atoms with Gasteiger partial charge in [0.2, 0.25) is 0 Å². The number of ether oxygens (including phenoxy) is 1. The van der Waals surface area contributed by atoms with Crippen LogP contribution in [0.3, 0.4) is 0 Å². The molecule has 1 unspecified atom stereocenters. The molecule has 0 heterocycles. The van der Waals surface area contributed by atoms with Crippen LogP contribution in [0.15, 0.2) is 0 Å². The number of carbonyl (C=O) groups excluding carboxylic acids is 1. The molecule has 1 amide bonds. The maximum atomic E-state index is 11.4. The summed E-state index contributed by atoms with van der Waals surface area (Å²) in [6, 6.07) is 0. The standard InChI is InChI=1S/C10H22NO5P/c1-5-6-7-8(17(13,14)15)11-9(12)16-10(2,3)4/h8H,5-7H2,1-4H3,(H,11,12)(H2,13,14,15). The molecular weight excluding hydrogens is 245 g/mol. The normalized spacial score (nSPS) is 14.2. The lowest BCUT2D eigenvalue weighted by Gasteiger charge is -2.24. The Morgan fingerprint density at radius 3 is 2.29 bits per heavy atom. The van der Waals surface area contributed by atoms with Crippen molar-refractivity contribution in [3.8, 4) is 0 Å². The van der Waals surface area contributed by atoms with Gasteiger partial charge >= 0.3 is 13.7 Å². The van der Waals surface area contributed by atoms with Crippen LogP contribution in [-0.2, 0) is 9.30 Å². The Kier molecular flexibility index (Phi) is 6.16. The maximum absolute atomic E-state index is 11.4. The molecule has 0 saturated heterocycles. The van der Waals surface area contributed by atoms with Gasteiger partial charge in [0.1, 0.15) is 11.4 Å². The summed E-state index contributed by atoms with van der Waals surface area (Å²) in [4.78, 5) is 29.6. The fourth-order valence-corrected chi connectivity index (χ4v) is 1.96. The molecule has 0 aromatic rings. The van der Waals surface area contributed by atoms with Gasteiger partial charge in [0.15, 0.2) is 0 Å². The van der Waals surface area contributed by atoms with Gasteiger partial charge in [0.05, 0.1) is 0 Å². The fraction of sp³-hybridized carbons (Fsp3) is 0.900. The summed E-state index contributed by atoms with van der Waals surface area (Å²) < 4.78 is 16.1. The van der Waals surface area contributed by atoms with Crippen LogP contribution < -0.4 is 5.32 Å². The number of nitrogens with one attached hydrogen (secondary N) is 1. The SMILES string of the molecule is CCCCC(NC(=O)OC(C)(C)C)P(=O)(O)O. The number of alkyl carbamates (subject to hydrolysis) is 1. The lowest BCUT2D eigenvalue weighted by molar-refractivity contribution is 0.0511. The largest absolute Gasteiger partial charge is 0.444 e. The van der Waals surface area contributed by atoms with E-state index in [-0.39, 0.29) is 6.42 Å². The highest BCUT2D eigenvalue weighted by Gasteiger charge is 2.31. The molecular formula is C10H22NO5P. The first-order valence-electron chi connectivity index (χ1n) is 5.61. The van der Waals surface area contributed by atoms with E-state index in [1.807, 2.05) is 6.92 Å². The molecule has 0 radical (unpaired) electrons. The third kappa shape index (κ3) is 8.18. The van der Waals surface area contributed by atoms with E-state index in [2.05, 4.69) is 5.32 Å².